The second kappa shape index (κ2) is 5.95. The van der Waals surface area contributed by atoms with Crippen LogP contribution < -0.4 is 5.32 Å². The smallest absolute Gasteiger partial charge is 0.251 e. The maximum Gasteiger partial charge on any atom is 0.251 e. The van der Waals surface area contributed by atoms with E-state index in [-0.39, 0.29) is 5.91 Å². The Kier molecular flexibility index (Phi) is 4.28. The predicted octanol–water partition coefficient (Wildman–Crippen LogP) is 2.92. The van der Waals surface area contributed by atoms with E-state index in [9.17, 15) is 4.79 Å². The molecule has 1 N–H and O–H groups in total. The van der Waals surface area contributed by atoms with Crippen molar-refractivity contribution in [1.82, 2.24) is 9.88 Å². The van der Waals surface area contributed by atoms with Crippen molar-refractivity contribution in [2.45, 2.75) is 27.2 Å². The number of benzene rings is 1. The highest BCUT2D eigenvalue weighted by atomic mass is 16.1. The van der Waals surface area contributed by atoms with Crippen LogP contribution in [0, 0.1) is 20.8 Å². The number of aromatic nitrogens is 1. The first-order chi connectivity index (χ1) is 9.50. The van der Waals surface area contributed by atoms with Crippen molar-refractivity contribution in [2.24, 2.45) is 7.05 Å². The van der Waals surface area contributed by atoms with Crippen LogP contribution in [0.15, 0.2) is 30.3 Å². The zero-order valence-electron chi connectivity index (χ0n) is 12.7. The molecule has 2 aromatic rings. The Labute approximate surface area is 120 Å². The zero-order chi connectivity index (χ0) is 14.7. The predicted molar refractivity (Wildman–Crippen MR) is 82.1 cm³/mol. The van der Waals surface area contributed by atoms with Gasteiger partial charge in [0.15, 0.2) is 0 Å². The second-order valence-corrected chi connectivity index (χ2v) is 5.28. The molecule has 0 unspecified atom stereocenters. The fraction of sp³-hybridized carbons (Fsp3) is 0.353. The summed E-state index contributed by atoms with van der Waals surface area (Å²) >= 11 is 0. The van der Waals surface area contributed by atoms with Gasteiger partial charge in [0.1, 0.15) is 0 Å². The van der Waals surface area contributed by atoms with Gasteiger partial charge in [-0.2, -0.15) is 0 Å². The van der Waals surface area contributed by atoms with E-state index in [0.29, 0.717) is 6.54 Å². The van der Waals surface area contributed by atoms with Crippen LogP contribution in [0.5, 0.6) is 0 Å². The van der Waals surface area contributed by atoms with E-state index in [4.69, 9.17) is 0 Å². The van der Waals surface area contributed by atoms with Crippen LogP contribution in [0.2, 0.25) is 0 Å². The Bertz CT molecular complexity index is 626. The number of aryl methyl sites for hydroxylation is 2. The minimum atomic E-state index is 0.00778. The number of carbonyl (C=O) groups excluding carboxylic acids is 1. The Morgan fingerprint density at radius 2 is 1.90 bits per heavy atom. The standard InChI is InChI=1S/C17H22N2O/c1-12-7-5-6-8-16(12)17(20)18-10-9-15-11-13(2)19(4)14(15)3/h5-8,11H,9-10H2,1-4H3,(H,18,20). The molecule has 20 heavy (non-hydrogen) atoms. The van der Waals surface area contributed by atoms with Gasteiger partial charge in [-0.15, -0.1) is 0 Å². The average Bonchev–Trinajstić information content (AvgIpc) is 2.67. The monoisotopic (exact) mass is 270 g/mol. The molecule has 0 atom stereocenters. The summed E-state index contributed by atoms with van der Waals surface area (Å²) in [7, 11) is 2.07. The van der Waals surface area contributed by atoms with Gasteiger partial charge in [-0.25, -0.2) is 0 Å². The van der Waals surface area contributed by atoms with Crippen molar-refractivity contribution in [3.8, 4) is 0 Å². The third kappa shape index (κ3) is 2.93. The van der Waals surface area contributed by atoms with E-state index in [1.807, 2.05) is 31.2 Å². The fourth-order valence-corrected chi connectivity index (χ4v) is 2.42. The molecule has 2 rings (SSSR count). The highest BCUT2D eigenvalue weighted by Crippen LogP contribution is 2.13. The summed E-state index contributed by atoms with van der Waals surface area (Å²) in [6, 6.07) is 9.85. The number of amides is 1. The molecule has 0 aliphatic heterocycles. The van der Waals surface area contributed by atoms with Gasteiger partial charge in [0.2, 0.25) is 0 Å². The van der Waals surface area contributed by atoms with Gasteiger partial charge in [0.25, 0.3) is 5.91 Å². The van der Waals surface area contributed by atoms with Crippen LogP contribution >= 0.6 is 0 Å². The van der Waals surface area contributed by atoms with Gasteiger partial charge in [0, 0.05) is 30.5 Å². The van der Waals surface area contributed by atoms with Crippen LogP contribution in [0.1, 0.15) is 32.9 Å². The van der Waals surface area contributed by atoms with Gasteiger partial charge in [-0.05, 0) is 50.5 Å². The van der Waals surface area contributed by atoms with Crippen molar-refractivity contribution >= 4 is 5.91 Å². The largest absolute Gasteiger partial charge is 0.352 e. The van der Waals surface area contributed by atoms with Crippen LogP contribution in [0.4, 0.5) is 0 Å². The van der Waals surface area contributed by atoms with E-state index in [2.05, 4.69) is 36.8 Å². The molecule has 3 nitrogen and oxygen atoms in total. The van der Waals surface area contributed by atoms with Crippen molar-refractivity contribution < 1.29 is 4.79 Å². The molecule has 0 aliphatic rings. The van der Waals surface area contributed by atoms with Crippen LogP contribution in [-0.2, 0) is 13.5 Å². The molecule has 3 heteroatoms. The number of nitrogens with one attached hydrogen (secondary N) is 1. The molecule has 1 heterocycles. The summed E-state index contributed by atoms with van der Waals surface area (Å²) in [6.45, 7) is 6.84. The van der Waals surface area contributed by atoms with Crippen molar-refractivity contribution in [3.05, 3.63) is 58.4 Å². The third-order valence-corrected chi connectivity index (χ3v) is 3.95. The van der Waals surface area contributed by atoms with Crippen LogP contribution in [0.3, 0.4) is 0 Å². The molecule has 0 aliphatic carbocycles. The molecule has 106 valence electrons. The maximum absolute atomic E-state index is 12.1. The minimum absolute atomic E-state index is 0.00778. The first-order valence-electron chi connectivity index (χ1n) is 6.96. The van der Waals surface area contributed by atoms with Gasteiger partial charge in [-0.3, -0.25) is 4.79 Å². The zero-order valence-corrected chi connectivity index (χ0v) is 12.7. The molecule has 0 saturated heterocycles. The maximum atomic E-state index is 12.1. The van der Waals surface area contributed by atoms with Gasteiger partial charge >= 0.3 is 0 Å². The molecular formula is C17H22N2O. The average molecular weight is 270 g/mol. The van der Waals surface area contributed by atoms with Gasteiger partial charge < -0.3 is 9.88 Å². The van der Waals surface area contributed by atoms with E-state index < -0.39 is 0 Å². The summed E-state index contributed by atoms with van der Waals surface area (Å²) in [5.74, 6) is 0.00778. The normalized spacial score (nSPS) is 10.6. The highest BCUT2D eigenvalue weighted by molar-refractivity contribution is 5.95. The topological polar surface area (TPSA) is 34.0 Å². The second-order valence-electron chi connectivity index (χ2n) is 5.28. The summed E-state index contributed by atoms with van der Waals surface area (Å²) in [4.78, 5) is 12.1. The minimum Gasteiger partial charge on any atom is -0.352 e. The van der Waals surface area contributed by atoms with E-state index in [1.54, 1.807) is 0 Å². The van der Waals surface area contributed by atoms with E-state index in [0.717, 1.165) is 17.5 Å². The fourth-order valence-electron chi connectivity index (χ4n) is 2.42. The number of hydrogen-bond donors (Lipinski definition) is 1. The number of rotatable bonds is 4. The number of nitrogens with zero attached hydrogens (tertiary/aromatic N) is 1. The molecular weight excluding hydrogens is 248 g/mol. The molecule has 0 saturated carbocycles. The van der Waals surface area contributed by atoms with Gasteiger partial charge in [0.05, 0.1) is 0 Å². The third-order valence-electron chi connectivity index (χ3n) is 3.95. The highest BCUT2D eigenvalue weighted by Gasteiger charge is 2.09. The molecule has 1 aromatic heterocycles. The molecule has 0 spiro atoms. The lowest BCUT2D eigenvalue weighted by Gasteiger charge is -2.07. The van der Waals surface area contributed by atoms with Gasteiger partial charge in [-0.1, -0.05) is 18.2 Å². The summed E-state index contributed by atoms with van der Waals surface area (Å²) in [5.41, 5.74) is 5.59. The number of carbonyl (C=O) groups is 1. The number of hydrogen-bond acceptors (Lipinski definition) is 1. The van der Waals surface area contributed by atoms with Crippen molar-refractivity contribution in [3.63, 3.8) is 0 Å². The quantitative estimate of drug-likeness (QED) is 0.910. The lowest BCUT2D eigenvalue weighted by Crippen LogP contribution is -2.26. The molecule has 0 fully saturated rings. The van der Waals surface area contributed by atoms with Crippen molar-refractivity contribution in [1.29, 1.82) is 0 Å². The molecule has 1 aromatic carbocycles. The summed E-state index contributed by atoms with van der Waals surface area (Å²) in [6.07, 6.45) is 0.866. The van der Waals surface area contributed by atoms with Crippen LogP contribution in [0.25, 0.3) is 0 Å². The Morgan fingerprint density at radius 1 is 1.20 bits per heavy atom. The summed E-state index contributed by atoms with van der Waals surface area (Å²) < 4.78 is 2.18. The Morgan fingerprint density at radius 3 is 2.50 bits per heavy atom. The first-order valence-corrected chi connectivity index (χ1v) is 6.96. The molecule has 0 radical (unpaired) electrons. The first kappa shape index (κ1) is 14.4. The Hall–Kier alpha value is -2.03. The summed E-state index contributed by atoms with van der Waals surface area (Å²) in [5, 5.41) is 3.00. The Balaban J connectivity index is 1.95. The molecule has 1 amide bonds. The van der Waals surface area contributed by atoms with Crippen LogP contribution in [-0.4, -0.2) is 17.0 Å². The molecule has 0 bridgehead atoms. The lowest BCUT2D eigenvalue weighted by atomic mass is 10.1. The SMILES string of the molecule is Cc1ccccc1C(=O)NCCc1cc(C)n(C)c1C. The lowest BCUT2D eigenvalue weighted by molar-refractivity contribution is 0.0953. The van der Waals surface area contributed by atoms with E-state index >= 15 is 0 Å². The van der Waals surface area contributed by atoms with E-state index in [1.165, 1.54) is 17.0 Å². The van der Waals surface area contributed by atoms with Crippen molar-refractivity contribution in [2.75, 3.05) is 6.54 Å².